The van der Waals surface area contributed by atoms with E-state index in [4.69, 9.17) is 0 Å². The Balaban J connectivity index is 0.00000261. The fourth-order valence-corrected chi connectivity index (χ4v) is 3.69. The van der Waals surface area contributed by atoms with Gasteiger partial charge in [-0.2, -0.15) is 0 Å². The summed E-state index contributed by atoms with van der Waals surface area (Å²) in [6, 6.07) is 6.07. The number of carbonyl (C=O) groups excluding carboxylic acids is 1. The molecule has 140 valence electrons. The molecule has 4 nitrogen and oxygen atoms in total. The number of nitrogens with one attached hydrogen (secondary N) is 1. The maximum atomic E-state index is 13.4. The van der Waals surface area contributed by atoms with Crippen LogP contribution < -0.4 is 5.32 Å². The molecule has 1 fully saturated rings. The van der Waals surface area contributed by atoms with Crippen LogP contribution in [0.4, 0.5) is 9.18 Å². The molecule has 0 aromatic heterocycles. The van der Waals surface area contributed by atoms with Gasteiger partial charge in [0.15, 0.2) is 0 Å². The van der Waals surface area contributed by atoms with Crippen LogP contribution in [0.15, 0.2) is 60.7 Å². The predicted octanol–water partition coefficient (Wildman–Crippen LogP) is 3.76. The summed E-state index contributed by atoms with van der Waals surface area (Å²) >= 11 is 0. The Bertz CT molecular complexity index is 727. The van der Waals surface area contributed by atoms with Crippen molar-refractivity contribution in [3.8, 4) is 0 Å². The molecule has 2 amide bonds. The average Bonchev–Trinajstić information content (AvgIpc) is 2.63. The maximum absolute atomic E-state index is 13.4. The third-order valence-electron chi connectivity index (χ3n) is 5.22. The van der Waals surface area contributed by atoms with Crippen molar-refractivity contribution in [1.82, 2.24) is 15.1 Å². The van der Waals surface area contributed by atoms with Crippen LogP contribution in [0.2, 0.25) is 0 Å². The minimum Gasteiger partial charge on any atom is -0.327 e. The minimum atomic E-state index is -0.287. The molecule has 0 aliphatic carbocycles. The third kappa shape index (κ3) is 3.58. The van der Waals surface area contributed by atoms with E-state index in [9.17, 15) is 9.18 Å². The highest BCUT2D eigenvalue weighted by molar-refractivity contribution is 5.76. The zero-order chi connectivity index (χ0) is 18.7. The van der Waals surface area contributed by atoms with Gasteiger partial charge in [-0.3, -0.25) is 0 Å². The Morgan fingerprint density at radius 1 is 1.35 bits per heavy atom. The number of rotatable bonds is 5. The van der Waals surface area contributed by atoms with Crippen LogP contribution in [0.5, 0.6) is 0 Å². The normalized spacial score (nSPS) is 20.5. The van der Waals surface area contributed by atoms with Crippen LogP contribution in [-0.4, -0.2) is 49.1 Å². The molecule has 0 unspecified atom stereocenters. The lowest BCUT2D eigenvalue weighted by Crippen LogP contribution is -2.52. The molecule has 2 aliphatic rings. The molecule has 1 saturated heterocycles. The summed E-state index contributed by atoms with van der Waals surface area (Å²) < 4.78 is 13.4. The molecule has 0 radical (unpaired) electrons. The van der Waals surface area contributed by atoms with Crippen LogP contribution in [0.3, 0.4) is 0 Å². The van der Waals surface area contributed by atoms with Crippen molar-refractivity contribution in [3.05, 3.63) is 72.1 Å². The number of allylic oxidation sites excluding steroid dienone is 1. The van der Waals surface area contributed by atoms with Gasteiger partial charge in [0.05, 0.1) is 6.04 Å². The first kappa shape index (κ1) is 18.4. The summed E-state index contributed by atoms with van der Waals surface area (Å²) in [7, 11) is 1.85. The van der Waals surface area contributed by atoms with Gasteiger partial charge < -0.3 is 15.1 Å². The Kier molecular flexibility index (Phi) is 5.57. The lowest BCUT2D eigenvalue weighted by atomic mass is 9.88. The number of hydrogen-bond donors (Lipinski definition) is 1. The summed E-state index contributed by atoms with van der Waals surface area (Å²) in [6.45, 7) is 11.1. The zero-order valence-corrected chi connectivity index (χ0v) is 15.2. The molecule has 5 heteroatoms. The number of halogens is 1. The van der Waals surface area contributed by atoms with E-state index in [1.54, 1.807) is 23.1 Å². The highest BCUT2D eigenvalue weighted by atomic mass is 19.1. The second kappa shape index (κ2) is 7.87. The summed E-state index contributed by atoms with van der Waals surface area (Å²) in [5.74, 6) is 0.223. The molecular weight excluding hydrogens is 329 g/mol. The number of amides is 2. The zero-order valence-electron chi connectivity index (χ0n) is 15.2. The van der Waals surface area contributed by atoms with E-state index in [0.717, 1.165) is 42.8 Å². The van der Waals surface area contributed by atoms with Gasteiger partial charge in [0.25, 0.3) is 0 Å². The second-order valence-electron chi connectivity index (χ2n) is 6.97. The van der Waals surface area contributed by atoms with Crippen molar-refractivity contribution >= 4 is 6.03 Å². The van der Waals surface area contributed by atoms with Gasteiger partial charge in [0.2, 0.25) is 0 Å². The summed E-state index contributed by atoms with van der Waals surface area (Å²) in [5.41, 5.74) is 2.93. The van der Waals surface area contributed by atoms with Gasteiger partial charge in [-0.1, -0.05) is 37.4 Å². The molecule has 1 aromatic carbocycles. The van der Waals surface area contributed by atoms with E-state index in [-0.39, 0.29) is 19.3 Å². The Labute approximate surface area is 156 Å². The van der Waals surface area contributed by atoms with Gasteiger partial charge >= 0.3 is 6.03 Å². The lowest BCUT2D eigenvalue weighted by Gasteiger charge is -2.41. The number of urea groups is 1. The first-order chi connectivity index (χ1) is 12.5. The number of hydrogen-bond acceptors (Lipinski definition) is 2. The molecule has 0 saturated carbocycles. The van der Waals surface area contributed by atoms with E-state index in [0.29, 0.717) is 12.5 Å². The van der Waals surface area contributed by atoms with Gasteiger partial charge in [0, 0.05) is 40.6 Å². The standard InChI is InChI=1S/C21H26FN3O.H2/c1-4-16-10-11-25(21(26)24(3)14-15-12-23-13-15)20(19(16)5-2)17-6-8-18(22)9-7-17;/h4-9,15,20,23H,1-2,10-14H2,3H3;1H/t20-;/m0./s1. The topological polar surface area (TPSA) is 35.6 Å². The minimum absolute atomic E-state index is 0. The monoisotopic (exact) mass is 357 g/mol. The van der Waals surface area contributed by atoms with Crippen molar-refractivity contribution in [1.29, 1.82) is 0 Å². The van der Waals surface area contributed by atoms with Crippen molar-refractivity contribution < 1.29 is 10.6 Å². The Hall–Kier alpha value is -2.40. The first-order valence-corrected chi connectivity index (χ1v) is 9.01. The van der Waals surface area contributed by atoms with Gasteiger partial charge in [-0.05, 0) is 35.3 Å². The van der Waals surface area contributed by atoms with E-state index >= 15 is 0 Å². The van der Waals surface area contributed by atoms with Crippen molar-refractivity contribution in [2.45, 2.75) is 12.5 Å². The average molecular weight is 357 g/mol. The van der Waals surface area contributed by atoms with Crippen LogP contribution in [-0.2, 0) is 0 Å². The van der Waals surface area contributed by atoms with Crippen LogP contribution >= 0.6 is 0 Å². The largest absolute Gasteiger partial charge is 0.327 e. The summed E-state index contributed by atoms with van der Waals surface area (Å²) in [6.07, 6.45) is 4.37. The summed E-state index contributed by atoms with van der Waals surface area (Å²) in [4.78, 5) is 16.8. The predicted molar refractivity (Wildman–Crippen MR) is 104 cm³/mol. The van der Waals surface area contributed by atoms with Crippen LogP contribution in [0.1, 0.15) is 19.5 Å². The Morgan fingerprint density at radius 3 is 2.58 bits per heavy atom. The first-order valence-electron chi connectivity index (χ1n) is 9.01. The lowest BCUT2D eigenvalue weighted by molar-refractivity contribution is 0.135. The highest BCUT2D eigenvalue weighted by Crippen LogP contribution is 2.37. The van der Waals surface area contributed by atoms with Crippen LogP contribution in [0, 0.1) is 11.7 Å². The smallest absolute Gasteiger partial charge is 0.320 e. The quantitative estimate of drug-likeness (QED) is 0.871. The number of carbonyl (C=O) groups is 1. The maximum Gasteiger partial charge on any atom is 0.320 e. The van der Waals surface area contributed by atoms with Gasteiger partial charge in [-0.25, -0.2) is 9.18 Å². The summed E-state index contributed by atoms with van der Waals surface area (Å²) in [5, 5.41) is 3.24. The highest BCUT2D eigenvalue weighted by Gasteiger charge is 2.34. The van der Waals surface area contributed by atoms with Crippen molar-refractivity contribution in [3.63, 3.8) is 0 Å². The molecule has 3 rings (SSSR count). The van der Waals surface area contributed by atoms with E-state index in [1.807, 2.05) is 18.0 Å². The fraction of sp³-hybridized carbons (Fsp3) is 0.381. The van der Waals surface area contributed by atoms with Crippen molar-refractivity contribution in [2.24, 2.45) is 5.92 Å². The Morgan fingerprint density at radius 2 is 2.04 bits per heavy atom. The van der Waals surface area contributed by atoms with E-state index < -0.39 is 0 Å². The molecule has 2 aliphatic heterocycles. The molecular formula is C21H28FN3O. The SMILES string of the molecule is C=CC1=C(C=C)[C@H](c2ccc(F)cc2)N(C(=O)N(C)CC2CNC2)CC1.[HH]. The van der Waals surface area contributed by atoms with E-state index in [2.05, 4.69) is 18.5 Å². The van der Waals surface area contributed by atoms with Crippen molar-refractivity contribution in [2.75, 3.05) is 33.2 Å². The molecule has 1 N–H and O–H groups in total. The third-order valence-corrected chi connectivity index (χ3v) is 5.22. The number of benzene rings is 1. The molecule has 0 bridgehead atoms. The van der Waals surface area contributed by atoms with Crippen LogP contribution in [0.25, 0.3) is 0 Å². The second-order valence-corrected chi connectivity index (χ2v) is 6.97. The number of nitrogens with zero attached hydrogens (tertiary/aromatic N) is 2. The molecule has 1 aromatic rings. The fourth-order valence-electron chi connectivity index (χ4n) is 3.69. The van der Waals surface area contributed by atoms with Gasteiger partial charge in [-0.15, -0.1) is 0 Å². The molecule has 0 spiro atoms. The molecule has 1 atom stereocenters. The molecule has 2 heterocycles. The molecule has 26 heavy (non-hydrogen) atoms. The van der Waals surface area contributed by atoms with E-state index in [1.165, 1.54) is 12.1 Å². The van der Waals surface area contributed by atoms with Gasteiger partial charge in [0.1, 0.15) is 5.82 Å².